The highest BCUT2D eigenvalue weighted by Crippen LogP contribution is 2.57. The molecule has 45 heteroatoms. The minimum Gasteiger partial charge on any atom is -0.166 e. The second kappa shape index (κ2) is 34.3. The van der Waals surface area contributed by atoms with Crippen molar-refractivity contribution < 1.29 is 198 Å². The third-order valence-corrected chi connectivity index (χ3v) is 13.4. The summed E-state index contributed by atoms with van der Waals surface area (Å²) in [6.45, 7) is 6.89. The van der Waals surface area contributed by atoms with E-state index in [0.29, 0.717) is 36.8 Å². The molecule has 7 aromatic carbocycles. The van der Waals surface area contributed by atoms with Crippen LogP contribution in [0.5, 0.6) is 0 Å². The van der Waals surface area contributed by atoms with Crippen molar-refractivity contribution in [2.45, 2.75) is 141 Å². The Labute approximate surface area is 581 Å². The van der Waals surface area contributed by atoms with Gasteiger partial charge in [-0.3, -0.25) is 0 Å². The molecule has 0 unspecified atom stereocenters. The molecule has 0 fully saturated rings. The Kier molecular flexibility index (Phi) is 31.0. The van der Waals surface area contributed by atoms with Gasteiger partial charge in [0.25, 0.3) is 0 Å². The van der Waals surface area contributed by atoms with Crippen molar-refractivity contribution in [3.8, 4) is 0 Å². The van der Waals surface area contributed by atoms with Gasteiger partial charge in [0.15, 0.2) is 0 Å². The van der Waals surface area contributed by atoms with E-state index in [0.717, 1.165) is 48.9 Å². The Morgan fingerprint density at radius 2 is 0.413 bits per heavy atom. The number of hydrogen-bond donors (Lipinski definition) is 0. The summed E-state index contributed by atoms with van der Waals surface area (Å²) in [5.41, 5.74) is -34.7. The van der Waals surface area contributed by atoms with Crippen molar-refractivity contribution in [1.29, 1.82) is 0 Å². The fourth-order valence-corrected chi connectivity index (χ4v) is 8.72. The standard InChI is InChI=1S/C12H3F15.C10H5F9.2C9H6F6.3C8H7F3/c1-2-3(8(13,14)15)5(10(19,20)21)7(12(25,26)27)6(11(22,23)24)4(2)9(16,17)18;1-4-6(9(14,15)16)2-5(8(11,12)13)3-7(4)10(17,18)19;1-5-2-6(8(10,11)12)4-7(3-5)9(13,14)15;1-5-6(8(10,11)12)3-2-4-7(5)9(13,14)15;1-6-2-4-7(5-3-6)8(9,10)11;1-6-3-2-4-7(5-6)8(9,10)11;1-6-4-2-3-5-7(6)8(9,10)11/h1H3;2-3H,1H3;2*2-4H,1H3;3*2-5H,1H3. The first-order valence-corrected chi connectivity index (χ1v) is 27.9. The van der Waals surface area contributed by atoms with Gasteiger partial charge in [-0.2, -0.15) is 198 Å². The van der Waals surface area contributed by atoms with Crippen LogP contribution in [0.3, 0.4) is 0 Å². The van der Waals surface area contributed by atoms with Crippen molar-refractivity contribution in [1.82, 2.24) is 0 Å². The Bertz CT molecular complexity index is 3960. The molecule has 0 aliphatic heterocycles. The average molecular weight is 1660 g/mol. The predicted octanol–water partition coefficient (Wildman–Crippen LogP) is 29.2. The number of alkyl halides is 45. The second-order valence-corrected chi connectivity index (χ2v) is 21.8. The SMILES string of the molecule is Cc1c(C(F)(F)F)c(C(F)(F)F)c(C(F)(F)F)c(C(F)(F)F)c1C(F)(F)F.Cc1c(C(F)(F)F)cc(C(F)(F)F)cc1C(F)(F)F.Cc1c(C(F)(F)F)cccc1C(F)(F)F.Cc1cc(C(F)(F)F)cc(C(F)(F)F)c1.Cc1ccc(C(F)(F)F)cc1.Cc1cccc(C(F)(F)F)c1.Cc1ccccc1C(F)(F)F. The van der Waals surface area contributed by atoms with Gasteiger partial charge >= 0.3 is 92.6 Å². The molecule has 0 amide bonds. The smallest absolute Gasteiger partial charge is 0.166 e. The third-order valence-electron chi connectivity index (χ3n) is 13.4. The lowest BCUT2D eigenvalue weighted by molar-refractivity contribution is -0.189. The van der Waals surface area contributed by atoms with Gasteiger partial charge in [-0.15, -0.1) is 0 Å². The third kappa shape index (κ3) is 29.6. The first-order valence-electron chi connectivity index (χ1n) is 27.9. The van der Waals surface area contributed by atoms with Gasteiger partial charge in [-0.05, 0) is 143 Å². The topological polar surface area (TPSA) is 0 Å². The van der Waals surface area contributed by atoms with Crippen LogP contribution in [-0.4, -0.2) is 0 Å². The summed E-state index contributed by atoms with van der Waals surface area (Å²) in [5, 5.41) is 0. The van der Waals surface area contributed by atoms with Crippen molar-refractivity contribution in [3.63, 3.8) is 0 Å². The zero-order valence-electron chi connectivity index (χ0n) is 54.1. The first kappa shape index (κ1) is 98.4. The van der Waals surface area contributed by atoms with Gasteiger partial charge in [0.2, 0.25) is 0 Å². The predicted molar refractivity (Wildman–Crippen MR) is 293 cm³/mol. The minimum absolute atomic E-state index is 0.0721. The zero-order chi connectivity index (χ0) is 86.3. The van der Waals surface area contributed by atoms with Crippen molar-refractivity contribution in [3.05, 3.63) is 244 Å². The van der Waals surface area contributed by atoms with E-state index in [9.17, 15) is 198 Å². The molecular formula is C64H41F45. The molecule has 7 rings (SSSR count). The Morgan fingerprint density at radius 3 is 0.670 bits per heavy atom. The van der Waals surface area contributed by atoms with Crippen LogP contribution in [-0.2, 0) is 92.6 Å². The molecule has 612 valence electrons. The molecule has 0 atom stereocenters. The normalized spacial score (nSPS) is 13.1. The minimum atomic E-state index is -6.84. The van der Waals surface area contributed by atoms with Crippen molar-refractivity contribution >= 4 is 0 Å². The van der Waals surface area contributed by atoms with Gasteiger partial charge in [-0.25, -0.2) is 0 Å². The highest BCUT2D eigenvalue weighted by molar-refractivity contribution is 5.57. The average Bonchev–Trinajstić information content (AvgIpc) is 0.708. The summed E-state index contributed by atoms with van der Waals surface area (Å²) in [5.74, 6) is 0. The first-order chi connectivity index (χ1) is 48.0. The van der Waals surface area contributed by atoms with E-state index >= 15 is 0 Å². The van der Waals surface area contributed by atoms with Gasteiger partial charge in [0.05, 0.1) is 83.5 Å². The number of benzene rings is 7. The van der Waals surface area contributed by atoms with E-state index in [1.165, 1.54) is 44.2 Å². The number of rotatable bonds is 0. The summed E-state index contributed by atoms with van der Waals surface area (Å²) in [7, 11) is 0. The lowest BCUT2D eigenvalue weighted by atomic mass is 9.85. The largest absolute Gasteiger partial charge is 0.417 e. The Morgan fingerprint density at radius 1 is 0.156 bits per heavy atom. The molecule has 0 spiro atoms. The second-order valence-electron chi connectivity index (χ2n) is 21.8. The molecule has 0 aliphatic carbocycles. The molecule has 0 aromatic heterocycles. The van der Waals surface area contributed by atoms with Crippen LogP contribution in [0.4, 0.5) is 198 Å². The molecular weight excluding hydrogens is 1620 g/mol. The van der Waals surface area contributed by atoms with E-state index in [1.807, 2.05) is 0 Å². The van der Waals surface area contributed by atoms with Gasteiger partial charge in [0, 0.05) is 0 Å². The number of aryl methyl sites for hydroxylation is 4. The van der Waals surface area contributed by atoms with Crippen molar-refractivity contribution in [2.24, 2.45) is 0 Å². The highest BCUT2D eigenvalue weighted by atomic mass is 19.5. The number of hydrogen-bond acceptors (Lipinski definition) is 0. The maximum absolute atomic E-state index is 12.9. The molecule has 109 heavy (non-hydrogen) atoms. The molecule has 0 bridgehead atoms. The van der Waals surface area contributed by atoms with E-state index < -0.39 is 200 Å². The van der Waals surface area contributed by atoms with Crippen LogP contribution in [0.25, 0.3) is 0 Å². The molecule has 7 aromatic rings. The van der Waals surface area contributed by atoms with E-state index in [4.69, 9.17) is 0 Å². The number of halogens is 45. The van der Waals surface area contributed by atoms with Gasteiger partial charge in [-0.1, -0.05) is 65.7 Å². The van der Waals surface area contributed by atoms with Crippen LogP contribution in [0.15, 0.2) is 121 Å². The molecule has 0 saturated carbocycles. The molecule has 0 heterocycles. The summed E-state index contributed by atoms with van der Waals surface area (Å²) in [6.07, 6.45) is -80.8. The summed E-state index contributed by atoms with van der Waals surface area (Å²) < 4.78 is 559. The Balaban J connectivity index is 0.000000652. The maximum Gasteiger partial charge on any atom is 0.417 e. The molecule has 0 nitrogen and oxygen atoms in total. The molecule has 0 N–H and O–H groups in total. The van der Waals surface area contributed by atoms with E-state index in [1.54, 1.807) is 26.0 Å². The lowest BCUT2D eigenvalue weighted by Gasteiger charge is -2.29. The fraction of sp³-hybridized carbons (Fsp3) is 0.344. The van der Waals surface area contributed by atoms with Crippen LogP contribution >= 0.6 is 0 Å². The zero-order valence-corrected chi connectivity index (χ0v) is 54.1. The van der Waals surface area contributed by atoms with E-state index in [-0.39, 0.29) is 29.3 Å². The summed E-state index contributed by atoms with van der Waals surface area (Å²) in [4.78, 5) is 0. The maximum atomic E-state index is 12.9. The van der Waals surface area contributed by atoms with Gasteiger partial charge < -0.3 is 0 Å². The van der Waals surface area contributed by atoms with Crippen LogP contribution < -0.4 is 0 Å². The molecule has 0 saturated heterocycles. The van der Waals surface area contributed by atoms with Crippen molar-refractivity contribution in [2.75, 3.05) is 0 Å². The lowest BCUT2D eigenvalue weighted by Crippen LogP contribution is -2.32. The van der Waals surface area contributed by atoms with Gasteiger partial charge in [0.1, 0.15) is 0 Å². The highest BCUT2D eigenvalue weighted by Gasteiger charge is 2.60. The van der Waals surface area contributed by atoms with Crippen LogP contribution in [0.1, 0.15) is 122 Å². The molecule has 0 aliphatic rings. The van der Waals surface area contributed by atoms with E-state index in [2.05, 4.69) is 0 Å². The summed E-state index contributed by atoms with van der Waals surface area (Å²) in [6, 6.07) is 18.6. The van der Waals surface area contributed by atoms with Crippen LogP contribution in [0.2, 0.25) is 0 Å². The quantitative estimate of drug-likeness (QED) is 0.133. The Hall–Kier alpha value is -8.61. The van der Waals surface area contributed by atoms with Crippen LogP contribution in [0, 0.1) is 48.5 Å². The summed E-state index contributed by atoms with van der Waals surface area (Å²) >= 11 is 0. The monoisotopic (exact) mass is 1660 g/mol. The fourth-order valence-electron chi connectivity index (χ4n) is 8.72. The molecule has 0 radical (unpaired) electrons.